The molecule has 0 aliphatic rings. The van der Waals surface area contributed by atoms with Crippen LogP contribution in [0.4, 0.5) is 10.1 Å². The number of rotatable bonds is 5. The Morgan fingerprint density at radius 2 is 1.79 bits per heavy atom. The molecule has 0 aliphatic carbocycles. The first-order valence-corrected chi connectivity index (χ1v) is 12.3. The third-order valence-corrected chi connectivity index (χ3v) is 6.09. The summed E-state index contributed by atoms with van der Waals surface area (Å²) >= 11 is 0. The monoisotopic (exact) mass is 521 g/mol. The van der Waals surface area contributed by atoms with Gasteiger partial charge in [0.05, 0.1) is 40.2 Å². The molecule has 0 saturated carbocycles. The predicted molar refractivity (Wildman–Crippen MR) is 146 cm³/mol. The maximum Gasteiger partial charge on any atom is 0.224 e. The van der Waals surface area contributed by atoms with Gasteiger partial charge in [0.1, 0.15) is 16.9 Å². The summed E-state index contributed by atoms with van der Waals surface area (Å²) in [4.78, 5) is 37.5. The maximum atomic E-state index is 16.1. The van der Waals surface area contributed by atoms with Gasteiger partial charge in [-0.25, -0.2) is 9.37 Å². The van der Waals surface area contributed by atoms with Gasteiger partial charge in [-0.05, 0) is 29.7 Å². The number of halogens is 1. The average Bonchev–Trinajstić information content (AvgIpc) is 3.53. The Bertz CT molecular complexity index is 1840. The van der Waals surface area contributed by atoms with Crippen molar-refractivity contribution in [2.75, 3.05) is 5.32 Å². The first-order chi connectivity index (χ1) is 18.8. The van der Waals surface area contributed by atoms with Gasteiger partial charge in [-0.2, -0.15) is 5.10 Å². The predicted octanol–water partition coefficient (Wildman–Crippen LogP) is 5.53. The van der Waals surface area contributed by atoms with Crippen LogP contribution in [0.5, 0.6) is 0 Å². The van der Waals surface area contributed by atoms with Crippen LogP contribution in [0.1, 0.15) is 27.2 Å². The fraction of sp³-hybridized carbons (Fsp3) is 0.179. The second kappa shape index (κ2) is 9.35. The quantitative estimate of drug-likeness (QED) is 0.271. The van der Waals surface area contributed by atoms with Crippen LogP contribution < -0.4 is 5.32 Å². The largest absolute Gasteiger partial charge is 0.336 e. The number of fused-ring (bicyclic) bond motifs is 2. The number of H-pyrrole nitrogens is 2. The Hall–Kier alpha value is -5.06. The Morgan fingerprint density at radius 3 is 2.59 bits per heavy atom. The second-order valence-corrected chi connectivity index (χ2v) is 10.4. The van der Waals surface area contributed by atoms with Gasteiger partial charge in [-0.15, -0.1) is 0 Å². The summed E-state index contributed by atoms with van der Waals surface area (Å²) in [6, 6.07) is 7.18. The van der Waals surface area contributed by atoms with Crippen molar-refractivity contribution in [2.24, 2.45) is 5.41 Å². The molecule has 0 atom stereocenters. The number of carbonyl (C=O) groups excluding carboxylic acids is 1. The highest BCUT2D eigenvalue weighted by Crippen LogP contribution is 2.34. The average molecular weight is 522 g/mol. The fourth-order valence-corrected chi connectivity index (χ4v) is 4.43. The van der Waals surface area contributed by atoms with Gasteiger partial charge >= 0.3 is 0 Å². The molecule has 11 heteroatoms. The second-order valence-electron chi connectivity index (χ2n) is 10.4. The number of hydrogen-bond donors (Lipinski definition) is 3. The molecule has 0 bridgehead atoms. The number of imidazole rings is 1. The summed E-state index contributed by atoms with van der Waals surface area (Å²) in [7, 11) is 0. The minimum atomic E-state index is -0.581. The molecule has 6 aromatic rings. The lowest BCUT2D eigenvalue weighted by atomic mass is 9.92. The van der Waals surface area contributed by atoms with Crippen molar-refractivity contribution < 1.29 is 9.18 Å². The minimum absolute atomic E-state index is 0.0818. The first kappa shape index (κ1) is 24.3. The maximum absolute atomic E-state index is 16.1. The van der Waals surface area contributed by atoms with Crippen molar-refractivity contribution >= 4 is 33.5 Å². The Kier molecular flexibility index (Phi) is 5.82. The van der Waals surface area contributed by atoms with Gasteiger partial charge in [-0.1, -0.05) is 20.8 Å². The van der Waals surface area contributed by atoms with Crippen molar-refractivity contribution in [3.63, 3.8) is 0 Å². The van der Waals surface area contributed by atoms with Crippen LogP contribution in [0.2, 0.25) is 0 Å². The number of amides is 1. The van der Waals surface area contributed by atoms with Crippen LogP contribution in [-0.4, -0.2) is 46.0 Å². The number of hydrogen-bond acceptors (Lipinski definition) is 7. The lowest BCUT2D eigenvalue weighted by Crippen LogP contribution is -2.19. The third-order valence-electron chi connectivity index (χ3n) is 6.09. The van der Waals surface area contributed by atoms with Gasteiger partial charge in [0, 0.05) is 42.3 Å². The zero-order chi connectivity index (χ0) is 27.1. The molecule has 0 fully saturated rings. The highest BCUT2D eigenvalue weighted by atomic mass is 19.1. The van der Waals surface area contributed by atoms with Crippen LogP contribution in [0.3, 0.4) is 0 Å². The van der Waals surface area contributed by atoms with Crippen molar-refractivity contribution in [1.82, 2.24) is 40.1 Å². The topological polar surface area (TPSA) is 138 Å². The number of aromatic amines is 2. The molecule has 10 nitrogen and oxygen atoms in total. The number of carbonyl (C=O) groups is 1. The van der Waals surface area contributed by atoms with E-state index in [0.29, 0.717) is 45.9 Å². The highest BCUT2D eigenvalue weighted by Gasteiger charge is 2.22. The number of pyridine rings is 4. The number of nitrogens with one attached hydrogen (secondary N) is 3. The van der Waals surface area contributed by atoms with E-state index in [2.05, 4.69) is 40.4 Å². The number of nitrogens with zero attached hydrogens (tertiary/aromatic N) is 6. The van der Waals surface area contributed by atoms with E-state index >= 15 is 4.39 Å². The molecule has 0 aromatic carbocycles. The molecule has 6 aromatic heterocycles. The first-order valence-electron chi connectivity index (χ1n) is 12.3. The standard InChI is InChI=1S/C28H24FN9O/c1-28(2,3)10-20(39)34-17-9-16(12-31-13-17)23-22(29)21-19(14-33-23)37-38-26(21)27-35-18-6-8-32-24(25(18)36-27)15-5-4-7-30-11-15/h4-9,11-14H,10H2,1-3H3,(H,34,39)(H,35,36)(H,37,38). The molecule has 194 valence electrons. The van der Waals surface area contributed by atoms with E-state index in [9.17, 15) is 4.79 Å². The van der Waals surface area contributed by atoms with Crippen LogP contribution in [0, 0.1) is 11.2 Å². The van der Waals surface area contributed by atoms with Gasteiger partial charge < -0.3 is 10.3 Å². The molecule has 6 rings (SSSR count). The van der Waals surface area contributed by atoms with Crippen molar-refractivity contribution in [1.29, 1.82) is 0 Å². The number of anilines is 1. The van der Waals surface area contributed by atoms with Gasteiger partial charge in [0.25, 0.3) is 0 Å². The summed E-state index contributed by atoms with van der Waals surface area (Å²) in [6.07, 6.45) is 9.96. The van der Waals surface area contributed by atoms with Crippen molar-refractivity contribution in [2.45, 2.75) is 27.2 Å². The molecule has 0 saturated heterocycles. The van der Waals surface area contributed by atoms with Crippen LogP contribution in [0.25, 0.3) is 56.0 Å². The van der Waals surface area contributed by atoms with E-state index in [1.807, 2.05) is 32.9 Å². The Morgan fingerprint density at radius 1 is 0.949 bits per heavy atom. The zero-order valence-corrected chi connectivity index (χ0v) is 21.5. The molecule has 0 radical (unpaired) electrons. The zero-order valence-electron chi connectivity index (χ0n) is 21.5. The molecular formula is C28H24FN9O. The van der Waals surface area contributed by atoms with Gasteiger partial charge in [-0.3, -0.25) is 29.8 Å². The molecule has 0 unspecified atom stereocenters. The SMILES string of the molecule is CC(C)(C)CC(=O)Nc1cncc(-c2ncc3[nH]nc(-c4nc5c(-c6cccnc6)nccc5[nH]4)c3c2F)c1. The smallest absolute Gasteiger partial charge is 0.224 e. The van der Waals surface area contributed by atoms with E-state index < -0.39 is 5.82 Å². The Balaban J connectivity index is 1.40. The lowest BCUT2D eigenvalue weighted by Gasteiger charge is -2.17. The molecule has 39 heavy (non-hydrogen) atoms. The normalized spacial score (nSPS) is 11.8. The summed E-state index contributed by atoms with van der Waals surface area (Å²) in [5, 5.41) is 10.3. The van der Waals surface area contributed by atoms with E-state index in [-0.39, 0.29) is 22.4 Å². The van der Waals surface area contributed by atoms with Crippen LogP contribution in [-0.2, 0) is 4.79 Å². The summed E-state index contributed by atoms with van der Waals surface area (Å²) in [6.45, 7) is 5.95. The van der Waals surface area contributed by atoms with Gasteiger partial charge in [0.2, 0.25) is 5.91 Å². The Labute approximate surface area is 222 Å². The van der Waals surface area contributed by atoms with E-state index in [4.69, 9.17) is 4.98 Å². The summed E-state index contributed by atoms with van der Waals surface area (Å²) < 4.78 is 16.1. The molecule has 1 amide bonds. The van der Waals surface area contributed by atoms with Crippen LogP contribution in [0.15, 0.2) is 61.4 Å². The minimum Gasteiger partial charge on any atom is -0.336 e. The highest BCUT2D eigenvalue weighted by molar-refractivity contribution is 5.97. The lowest BCUT2D eigenvalue weighted by molar-refractivity contribution is -0.117. The van der Waals surface area contributed by atoms with Crippen molar-refractivity contribution in [3.8, 4) is 34.0 Å². The molecule has 6 heterocycles. The molecule has 0 spiro atoms. The number of aromatic nitrogens is 8. The van der Waals surface area contributed by atoms with E-state index in [0.717, 1.165) is 11.1 Å². The molecule has 3 N–H and O–H groups in total. The fourth-order valence-electron chi connectivity index (χ4n) is 4.43. The van der Waals surface area contributed by atoms with Gasteiger partial charge in [0.15, 0.2) is 11.6 Å². The molecular weight excluding hydrogens is 497 g/mol. The van der Waals surface area contributed by atoms with E-state index in [1.165, 1.54) is 18.6 Å². The molecule has 0 aliphatic heterocycles. The van der Waals surface area contributed by atoms with Crippen molar-refractivity contribution in [3.05, 3.63) is 67.3 Å². The van der Waals surface area contributed by atoms with Crippen LogP contribution >= 0.6 is 0 Å². The summed E-state index contributed by atoms with van der Waals surface area (Å²) in [5.74, 6) is -0.346. The third kappa shape index (κ3) is 4.70. The van der Waals surface area contributed by atoms with E-state index in [1.54, 1.807) is 30.7 Å². The summed E-state index contributed by atoms with van der Waals surface area (Å²) in [5.41, 5.74) is 4.33.